The molecule has 19 heavy (non-hydrogen) atoms. The zero-order valence-electron chi connectivity index (χ0n) is 11.4. The topological polar surface area (TPSA) is 41.1 Å². The summed E-state index contributed by atoms with van der Waals surface area (Å²) in [6.07, 6.45) is 5.97. The first-order valence-corrected chi connectivity index (χ1v) is 7.25. The molecule has 1 aliphatic carbocycles. The fourth-order valence-electron chi connectivity index (χ4n) is 2.82. The summed E-state index contributed by atoms with van der Waals surface area (Å²) in [6, 6.07) is 0.840. The predicted octanol–water partition coefficient (Wildman–Crippen LogP) is 2.07. The van der Waals surface area contributed by atoms with Crippen molar-refractivity contribution in [2.24, 2.45) is 5.92 Å². The number of rotatable bonds is 5. The van der Waals surface area contributed by atoms with E-state index in [0.29, 0.717) is 23.9 Å². The van der Waals surface area contributed by atoms with Crippen LogP contribution < -0.4 is 5.32 Å². The van der Waals surface area contributed by atoms with Gasteiger partial charge in [-0.25, -0.2) is 14.4 Å². The quantitative estimate of drug-likeness (QED) is 0.884. The Labute approximate surface area is 113 Å². The van der Waals surface area contributed by atoms with Gasteiger partial charge in [-0.05, 0) is 38.1 Å². The zero-order chi connectivity index (χ0) is 13.2. The second kappa shape index (κ2) is 5.41. The predicted molar refractivity (Wildman–Crippen MR) is 72.6 cm³/mol. The summed E-state index contributed by atoms with van der Waals surface area (Å²) < 4.78 is 14.0. The van der Waals surface area contributed by atoms with Gasteiger partial charge in [0.25, 0.3) is 0 Å². The third-order valence-corrected chi connectivity index (χ3v) is 4.14. The first-order valence-electron chi connectivity index (χ1n) is 7.25. The van der Waals surface area contributed by atoms with Gasteiger partial charge < -0.3 is 10.2 Å². The molecular weight excluding hydrogens is 243 g/mol. The molecule has 4 nitrogen and oxygen atoms in total. The highest BCUT2D eigenvalue weighted by Crippen LogP contribution is 2.31. The number of nitrogens with zero attached hydrogens (tertiary/aromatic N) is 3. The molecule has 1 saturated heterocycles. The first kappa shape index (κ1) is 12.8. The molecule has 1 atom stereocenters. The average Bonchev–Trinajstić information content (AvgIpc) is 3.17. The maximum atomic E-state index is 14.0. The van der Waals surface area contributed by atoms with Crippen LogP contribution in [0.2, 0.25) is 0 Å². The van der Waals surface area contributed by atoms with Gasteiger partial charge in [0.05, 0.1) is 5.69 Å². The van der Waals surface area contributed by atoms with Gasteiger partial charge in [-0.15, -0.1) is 0 Å². The van der Waals surface area contributed by atoms with Crippen LogP contribution in [0.4, 0.5) is 10.2 Å². The summed E-state index contributed by atoms with van der Waals surface area (Å²) in [5.74, 6) is 0.679. The first-order chi connectivity index (χ1) is 9.28. The van der Waals surface area contributed by atoms with Crippen LogP contribution in [-0.4, -0.2) is 40.5 Å². The Morgan fingerprint density at radius 2 is 2.21 bits per heavy atom. The smallest absolute Gasteiger partial charge is 0.186 e. The summed E-state index contributed by atoms with van der Waals surface area (Å²) in [4.78, 5) is 10.5. The molecular formula is C14H21FN4. The Hall–Kier alpha value is -1.23. The van der Waals surface area contributed by atoms with Crippen molar-refractivity contribution in [2.45, 2.75) is 38.6 Å². The Morgan fingerprint density at radius 1 is 1.37 bits per heavy atom. The van der Waals surface area contributed by atoms with E-state index in [1.54, 1.807) is 0 Å². The van der Waals surface area contributed by atoms with Gasteiger partial charge >= 0.3 is 0 Å². The van der Waals surface area contributed by atoms with E-state index in [9.17, 15) is 4.39 Å². The van der Waals surface area contributed by atoms with Crippen LogP contribution in [0.25, 0.3) is 0 Å². The second-order valence-electron chi connectivity index (χ2n) is 5.60. The van der Waals surface area contributed by atoms with Gasteiger partial charge in [0.2, 0.25) is 0 Å². The fourth-order valence-corrected chi connectivity index (χ4v) is 2.82. The minimum absolute atomic E-state index is 0.290. The van der Waals surface area contributed by atoms with Gasteiger partial charge in [0.1, 0.15) is 6.33 Å². The van der Waals surface area contributed by atoms with Crippen LogP contribution in [0, 0.1) is 11.7 Å². The maximum Gasteiger partial charge on any atom is 0.186 e. The Kier molecular flexibility index (Phi) is 3.64. The summed E-state index contributed by atoms with van der Waals surface area (Å²) >= 11 is 0. The third-order valence-electron chi connectivity index (χ3n) is 4.14. The lowest BCUT2D eigenvalue weighted by Crippen LogP contribution is -2.25. The molecule has 1 aromatic heterocycles. The maximum absolute atomic E-state index is 14.0. The molecule has 1 unspecified atom stereocenters. The third kappa shape index (κ3) is 2.86. The Morgan fingerprint density at radius 3 is 2.95 bits per heavy atom. The molecule has 3 rings (SSSR count). The van der Waals surface area contributed by atoms with Gasteiger partial charge in [0.15, 0.2) is 11.6 Å². The number of nitrogens with one attached hydrogen (secondary N) is 1. The van der Waals surface area contributed by atoms with E-state index in [0.717, 1.165) is 19.1 Å². The summed E-state index contributed by atoms with van der Waals surface area (Å²) in [5.41, 5.74) is 0.489. The van der Waals surface area contributed by atoms with Crippen LogP contribution in [0.5, 0.6) is 0 Å². The fraction of sp³-hybridized carbons (Fsp3) is 0.714. The molecule has 2 fully saturated rings. The van der Waals surface area contributed by atoms with E-state index < -0.39 is 0 Å². The highest BCUT2D eigenvalue weighted by atomic mass is 19.1. The number of hydrogen-bond acceptors (Lipinski definition) is 4. The average molecular weight is 264 g/mol. The Balaban J connectivity index is 1.54. The molecule has 0 radical (unpaired) electrons. The van der Waals surface area contributed by atoms with Gasteiger partial charge in [0, 0.05) is 19.1 Å². The second-order valence-corrected chi connectivity index (χ2v) is 5.60. The van der Waals surface area contributed by atoms with Crippen molar-refractivity contribution < 1.29 is 4.39 Å². The largest absolute Gasteiger partial charge is 0.367 e. The van der Waals surface area contributed by atoms with Crippen molar-refractivity contribution in [3.8, 4) is 0 Å². The van der Waals surface area contributed by atoms with Gasteiger partial charge in [-0.1, -0.05) is 6.92 Å². The molecule has 1 aliphatic heterocycles. The van der Waals surface area contributed by atoms with E-state index in [4.69, 9.17) is 0 Å². The molecule has 0 bridgehead atoms. The molecule has 2 heterocycles. The van der Waals surface area contributed by atoms with Crippen molar-refractivity contribution >= 4 is 5.82 Å². The summed E-state index contributed by atoms with van der Waals surface area (Å²) in [6.45, 7) is 5.05. The number of hydrogen-bond donors (Lipinski definition) is 1. The summed E-state index contributed by atoms with van der Waals surface area (Å²) in [5, 5.41) is 3.16. The number of aryl methyl sites for hydroxylation is 1. The Bertz CT molecular complexity index is 447. The van der Waals surface area contributed by atoms with Crippen LogP contribution in [0.1, 0.15) is 31.9 Å². The van der Waals surface area contributed by atoms with Crippen molar-refractivity contribution in [1.82, 2.24) is 14.9 Å². The van der Waals surface area contributed by atoms with Crippen molar-refractivity contribution in [3.05, 3.63) is 17.8 Å². The minimum Gasteiger partial charge on any atom is -0.367 e. The van der Waals surface area contributed by atoms with E-state index in [-0.39, 0.29) is 5.82 Å². The molecule has 104 valence electrons. The van der Waals surface area contributed by atoms with Crippen LogP contribution in [0.3, 0.4) is 0 Å². The number of aromatic nitrogens is 2. The zero-order valence-corrected chi connectivity index (χ0v) is 11.4. The van der Waals surface area contributed by atoms with Crippen LogP contribution in [0.15, 0.2) is 6.33 Å². The molecule has 0 amide bonds. The van der Waals surface area contributed by atoms with Gasteiger partial charge in [-0.3, -0.25) is 0 Å². The standard InChI is InChI=1S/C14H21FN4/c1-2-12-13(15)14(18-9-17-12)16-7-10-5-6-19(8-10)11-3-4-11/h9-11H,2-8H2,1H3,(H,16,17,18). The molecule has 0 aromatic carbocycles. The molecule has 2 aliphatic rings. The van der Waals surface area contributed by atoms with Crippen molar-refractivity contribution in [2.75, 3.05) is 25.0 Å². The normalized spacial score (nSPS) is 23.8. The highest BCUT2D eigenvalue weighted by Gasteiger charge is 2.34. The molecule has 5 heteroatoms. The monoisotopic (exact) mass is 264 g/mol. The molecule has 0 spiro atoms. The van der Waals surface area contributed by atoms with Crippen molar-refractivity contribution in [3.63, 3.8) is 0 Å². The lowest BCUT2D eigenvalue weighted by Gasteiger charge is -2.15. The molecule has 1 saturated carbocycles. The van der Waals surface area contributed by atoms with E-state index in [1.165, 1.54) is 32.1 Å². The van der Waals surface area contributed by atoms with Crippen molar-refractivity contribution in [1.29, 1.82) is 0 Å². The van der Waals surface area contributed by atoms with E-state index in [1.807, 2.05) is 6.92 Å². The number of halogens is 1. The number of likely N-dealkylation sites (tertiary alicyclic amines) is 1. The minimum atomic E-state index is -0.290. The molecule has 1 aromatic rings. The summed E-state index contributed by atoms with van der Waals surface area (Å²) in [7, 11) is 0. The SMILES string of the molecule is CCc1ncnc(NCC2CCN(C3CC3)C2)c1F. The molecule has 1 N–H and O–H groups in total. The van der Waals surface area contributed by atoms with E-state index in [2.05, 4.69) is 20.2 Å². The lowest BCUT2D eigenvalue weighted by atomic mass is 10.1. The van der Waals surface area contributed by atoms with Crippen LogP contribution >= 0.6 is 0 Å². The van der Waals surface area contributed by atoms with Gasteiger partial charge in [-0.2, -0.15) is 0 Å². The number of anilines is 1. The van der Waals surface area contributed by atoms with E-state index >= 15 is 0 Å². The highest BCUT2D eigenvalue weighted by molar-refractivity contribution is 5.37. The lowest BCUT2D eigenvalue weighted by molar-refractivity contribution is 0.316. The van der Waals surface area contributed by atoms with Crippen LogP contribution in [-0.2, 0) is 6.42 Å².